The Balaban J connectivity index is 2.34. The number of carbonyl (C=O) groups is 2. The molecule has 2 amide bonds. The number of halogens is 1. The lowest BCUT2D eigenvalue weighted by Gasteiger charge is -2.20. The fourth-order valence-corrected chi connectivity index (χ4v) is 1.48. The van der Waals surface area contributed by atoms with Crippen LogP contribution in [0.25, 0.3) is 0 Å². The lowest BCUT2D eigenvalue weighted by atomic mass is 10.2. The largest absolute Gasteiger partial charge is 0.482 e. The Labute approximate surface area is 96.9 Å². The monoisotopic (exact) mass is 240 g/mol. The van der Waals surface area contributed by atoms with Gasteiger partial charge in [0.2, 0.25) is 0 Å². The standard InChI is InChI=1S/C10H9ClN2O3/c1-13(10(11)15)6-2-3-8-7(4-6)12-9(14)5-16-8/h2-4H,5H2,1H3,(H,12,14). The molecular formula is C10H9ClN2O3. The van der Waals surface area contributed by atoms with Crippen LogP contribution in [0.3, 0.4) is 0 Å². The fourth-order valence-electron chi connectivity index (χ4n) is 1.38. The summed E-state index contributed by atoms with van der Waals surface area (Å²) >= 11 is 5.34. The van der Waals surface area contributed by atoms with Crippen LogP contribution in [0.4, 0.5) is 16.2 Å². The number of fused-ring (bicyclic) bond motifs is 1. The molecule has 1 aliphatic heterocycles. The average Bonchev–Trinajstić information content (AvgIpc) is 2.26. The second-order valence-corrected chi connectivity index (χ2v) is 3.65. The van der Waals surface area contributed by atoms with Crippen molar-refractivity contribution in [3.05, 3.63) is 18.2 Å². The van der Waals surface area contributed by atoms with Gasteiger partial charge in [0.05, 0.1) is 5.69 Å². The summed E-state index contributed by atoms with van der Waals surface area (Å²) in [7, 11) is 1.54. The van der Waals surface area contributed by atoms with E-state index in [4.69, 9.17) is 16.3 Å². The van der Waals surface area contributed by atoms with Gasteiger partial charge in [0.25, 0.3) is 5.91 Å². The van der Waals surface area contributed by atoms with Crippen LogP contribution in [0.5, 0.6) is 5.75 Å². The summed E-state index contributed by atoms with van der Waals surface area (Å²) in [6.45, 7) is 0.0105. The van der Waals surface area contributed by atoms with Gasteiger partial charge in [0.1, 0.15) is 5.75 Å². The van der Waals surface area contributed by atoms with Gasteiger partial charge in [-0.1, -0.05) is 0 Å². The zero-order valence-corrected chi connectivity index (χ0v) is 9.25. The SMILES string of the molecule is CN(C(=O)Cl)c1ccc2c(c1)NC(=O)CO2. The van der Waals surface area contributed by atoms with Crippen molar-refractivity contribution in [3.8, 4) is 5.75 Å². The van der Waals surface area contributed by atoms with Crippen molar-refractivity contribution >= 4 is 34.2 Å². The van der Waals surface area contributed by atoms with E-state index in [0.29, 0.717) is 17.1 Å². The molecule has 2 rings (SSSR count). The highest BCUT2D eigenvalue weighted by molar-refractivity contribution is 6.66. The van der Waals surface area contributed by atoms with Crippen LogP contribution >= 0.6 is 11.6 Å². The van der Waals surface area contributed by atoms with Gasteiger partial charge in [0, 0.05) is 12.7 Å². The van der Waals surface area contributed by atoms with Crippen molar-refractivity contribution in [2.24, 2.45) is 0 Å². The summed E-state index contributed by atoms with van der Waals surface area (Å²) in [5.74, 6) is 0.364. The number of nitrogens with one attached hydrogen (secondary N) is 1. The molecule has 84 valence electrons. The minimum absolute atomic E-state index is 0.0105. The van der Waals surface area contributed by atoms with E-state index in [9.17, 15) is 9.59 Å². The predicted molar refractivity (Wildman–Crippen MR) is 60.2 cm³/mol. The Hall–Kier alpha value is -1.75. The number of carbonyl (C=O) groups excluding carboxylic acids is 2. The van der Waals surface area contributed by atoms with E-state index in [1.807, 2.05) is 0 Å². The number of hydrogen-bond acceptors (Lipinski definition) is 3. The molecule has 0 radical (unpaired) electrons. The number of hydrogen-bond donors (Lipinski definition) is 1. The third-order valence-electron chi connectivity index (χ3n) is 2.25. The van der Waals surface area contributed by atoms with Crippen LogP contribution in [-0.2, 0) is 4.79 Å². The maximum absolute atomic E-state index is 11.1. The topological polar surface area (TPSA) is 58.6 Å². The predicted octanol–water partition coefficient (Wildman–Crippen LogP) is 1.81. The quantitative estimate of drug-likeness (QED) is 0.602. The molecule has 0 unspecified atom stereocenters. The molecule has 0 fully saturated rings. The minimum Gasteiger partial charge on any atom is -0.482 e. The van der Waals surface area contributed by atoms with E-state index in [1.54, 1.807) is 25.2 Å². The average molecular weight is 241 g/mol. The highest BCUT2D eigenvalue weighted by Crippen LogP contribution is 2.31. The van der Waals surface area contributed by atoms with E-state index in [1.165, 1.54) is 4.90 Å². The fraction of sp³-hybridized carbons (Fsp3) is 0.200. The first kappa shape index (κ1) is 10.8. The molecule has 0 atom stereocenters. The zero-order chi connectivity index (χ0) is 11.7. The summed E-state index contributed by atoms with van der Waals surface area (Å²) in [4.78, 5) is 23.3. The van der Waals surface area contributed by atoms with Gasteiger partial charge in [-0.05, 0) is 29.8 Å². The second-order valence-electron chi connectivity index (χ2n) is 3.33. The van der Waals surface area contributed by atoms with Crippen LogP contribution in [0, 0.1) is 0 Å². The smallest absolute Gasteiger partial charge is 0.320 e. The summed E-state index contributed by atoms with van der Waals surface area (Å²) < 4.78 is 5.18. The van der Waals surface area contributed by atoms with Crippen LogP contribution < -0.4 is 15.0 Å². The molecule has 16 heavy (non-hydrogen) atoms. The number of amides is 2. The first-order valence-corrected chi connectivity index (χ1v) is 4.95. The lowest BCUT2D eigenvalue weighted by molar-refractivity contribution is -0.118. The number of ether oxygens (including phenoxy) is 1. The molecule has 1 N–H and O–H groups in total. The van der Waals surface area contributed by atoms with Crippen molar-refractivity contribution in [2.75, 3.05) is 23.9 Å². The Morgan fingerprint density at radius 1 is 1.56 bits per heavy atom. The molecule has 1 heterocycles. The molecule has 1 aromatic rings. The molecule has 5 nitrogen and oxygen atoms in total. The molecule has 0 saturated heterocycles. The molecule has 0 aromatic heterocycles. The van der Waals surface area contributed by atoms with E-state index in [-0.39, 0.29) is 12.5 Å². The lowest BCUT2D eigenvalue weighted by Crippen LogP contribution is -2.26. The van der Waals surface area contributed by atoms with Crippen LogP contribution in [0.1, 0.15) is 0 Å². The highest BCUT2D eigenvalue weighted by atomic mass is 35.5. The molecule has 0 saturated carbocycles. The second kappa shape index (κ2) is 4.02. The van der Waals surface area contributed by atoms with E-state index in [2.05, 4.69) is 5.32 Å². The van der Waals surface area contributed by atoms with Gasteiger partial charge in [-0.15, -0.1) is 0 Å². The van der Waals surface area contributed by atoms with Crippen molar-refractivity contribution < 1.29 is 14.3 Å². The summed E-state index contributed by atoms with van der Waals surface area (Å²) in [5.41, 5.74) is 1.13. The Morgan fingerprint density at radius 3 is 3.00 bits per heavy atom. The number of benzene rings is 1. The highest BCUT2D eigenvalue weighted by Gasteiger charge is 2.17. The molecular weight excluding hydrogens is 232 g/mol. The molecule has 1 aromatic carbocycles. The summed E-state index contributed by atoms with van der Waals surface area (Å²) in [6, 6.07) is 5.00. The number of nitrogens with zero attached hydrogens (tertiary/aromatic N) is 1. The van der Waals surface area contributed by atoms with Gasteiger partial charge >= 0.3 is 5.37 Å². The van der Waals surface area contributed by atoms with Gasteiger partial charge in [-0.25, -0.2) is 0 Å². The molecule has 0 spiro atoms. The molecule has 1 aliphatic rings. The van der Waals surface area contributed by atoms with Gasteiger partial charge in [0.15, 0.2) is 6.61 Å². The maximum atomic E-state index is 11.1. The first-order valence-electron chi connectivity index (χ1n) is 4.58. The van der Waals surface area contributed by atoms with Crippen molar-refractivity contribution in [1.82, 2.24) is 0 Å². The van der Waals surface area contributed by atoms with Gasteiger partial charge in [-0.3, -0.25) is 9.59 Å². The normalized spacial score (nSPS) is 13.5. The van der Waals surface area contributed by atoms with E-state index < -0.39 is 5.37 Å². The van der Waals surface area contributed by atoms with Gasteiger partial charge in [-0.2, -0.15) is 0 Å². The molecule has 6 heteroatoms. The summed E-state index contributed by atoms with van der Waals surface area (Å²) in [5, 5.41) is 2.05. The minimum atomic E-state index is -0.594. The van der Waals surface area contributed by atoms with Crippen molar-refractivity contribution in [2.45, 2.75) is 0 Å². The Kier molecular flexibility index (Phi) is 2.70. The molecule has 0 bridgehead atoms. The maximum Gasteiger partial charge on any atom is 0.320 e. The third kappa shape index (κ3) is 1.94. The van der Waals surface area contributed by atoms with Crippen molar-refractivity contribution in [3.63, 3.8) is 0 Å². The van der Waals surface area contributed by atoms with Crippen molar-refractivity contribution in [1.29, 1.82) is 0 Å². The van der Waals surface area contributed by atoms with Crippen LogP contribution in [0.15, 0.2) is 18.2 Å². The van der Waals surface area contributed by atoms with Gasteiger partial charge < -0.3 is 15.0 Å². The third-order valence-corrected chi connectivity index (χ3v) is 2.50. The van der Waals surface area contributed by atoms with Crippen LogP contribution in [-0.4, -0.2) is 24.9 Å². The van der Waals surface area contributed by atoms with Crippen LogP contribution in [0.2, 0.25) is 0 Å². The van der Waals surface area contributed by atoms with E-state index in [0.717, 1.165) is 0 Å². The first-order chi connectivity index (χ1) is 7.58. The Bertz CT molecular complexity index is 461. The number of anilines is 2. The van der Waals surface area contributed by atoms with E-state index >= 15 is 0 Å². The summed E-state index contributed by atoms with van der Waals surface area (Å²) in [6.07, 6.45) is 0. The zero-order valence-electron chi connectivity index (χ0n) is 8.49. The molecule has 0 aliphatic carbocycles. The Morgan fingerprint density at radius 2 is 2.31 bits per heavy atom. The number of rotatable bonds is 1.